The minimum atomic E-state index is -0.120. The Kier molecular flexibility index (Phi) is 5.41. The van der Waals surface area contributed by atoms with Crippen molar-refractivity contribution in [3.05, 3.63) is 18.3 Å². The standard InChI is InChI=1S/C14H24N2O2/c1-5-14(4,10-17)9-16-12-7-6-8-15-13(12)18-11(2)3/h6-8,11,16-17H,5,9-10H2,1-4H3. The van der Waals surface area contributed by atoms with E-state index in [1.165, 1.54) is 0 Å². The number of hydrogen-bond donors (Lipinski definition) is 2. The van der Waals surface area contributed by atoms with E-state index in [9.17, 15) is 5.11 Å². The number of aliphatic hydroxyl groups is 1. The molecule has 1 unspecified atom stereocenters. The third-order valence-corrected chi connectivity index (χ3v) is 3.06. The second-order valence-corrected chi connectivity index (χ2v) is 5.20. The van der Waals surface area contributed by atoms with Crippen LogP contribution in [0.4, 0.5) is 5.69 Å². The Hall–Kier alpha value is -1.29. The van der Waals surface area contributed by atoms with Gasteiger partial charge in [0.15, 0.2) is 0 Å². The highest BCUT2D eigenvalue weighted by Crippen LogP contribution is 2.25. The first-order valence-electron chi connectivity index (χ1n) is 6.47. The predicted molar refractivity (Wildman–Crippen MR) is 74.0 cm³/mol. The molecule has 0 saturated carbocycles. The zero-order chi connectivity index (χ0) is 13.6. The van der Waals surface area contributed by atoms with E-state index in [0.29, 0.717) is 12.4 Å². The number of ether oxygens (including phenoxy) is 1. The maximum Gasteiger partial charge on any atom is 0.237 e. The van der Waals surface area contributed by atoms with Gasteiger partial charge in [-0.25, -0.2) is 4.98 Å². The lowest BCUT2D eigenvalue weighted by Crippen LogP contribution is -2.29. The molecule has 102 valence electrons. The molecule has 0 bridgehead atoms. The number of anilines is 1. The highest BCUT2D eigenvalue weighted by Gasteiger charge is 2.21. The van der Waals surface area contributed by atoms with Gasteiger partial charge < -0.3 is 15.2 Å². The first-order chi connectivity index (χ1) is 8.50. The first kappa shape index (κ1) is 14.8. The number of rotatable bonds is 7. The maximum atomic E-state index is 9.39. The van der Waals surface area contributed by atoms with Crippen molar-refractivity contribution in [1.82, 2.24) is 4.98 Å². The summed E-state index contributed by atoms with van der Waals surface area (Å²) >= 11 is 0. The zero-order valence-electron chi connectivity index (χ0n) is 11.7. The highest BCUT2D eigenvalue weighted by atomic mass is 16.5. The molecule has 0 aliphatic rings. The van der Waals surface area contributed by atoms with Gasteiger partial charge in [-0.15, -0.1) is 0 Å². The number of nitrogens with one attached hydrogen (secondary N) is 1. The van der Waals surface area contributed by atoms with Crippen LogP contribution in [0.3, 0.4) is 0 Å². The van der Waals surface area contributed by atoms with E-state index in [1.54, 1.807) is 6.20 Å². The largest absolute Gasteiger partial charge is 0.473 e. The van der Waals surface area contributed by atoms with Crippen LogP contribution in [0.15, 0.2) is 18.3 Å². The van der Waals surface area contributed by atoms with Crippen LogP contribution in [0, 0.1) is 5.41 Å². The summed E-state index contributed by atoms with van der Waals surface area (Å²) in [5, 5.41) is 12.7. The Labute approximate surface area is 109 Å². The first-order valence-corrected chi connectivity index (χ1v) is 6.47. The Morgan fingerprint density at radius 1 is 1.50 bits per heavy atom. The van der Waals surface area contributed by atoms with E-state index in [2.05, 4.69) is 24.1 Å². The molecule has 0 radical (unpaired) electrons. The van der Waals surface area contributed by atoms with Crippen molar-refractivity contribution >= 4 is 5.69 Å². The molecule has 0 saturated heterocycles. The third kappa shape index (κ3) is 4.18. The summed E-state index contributed by atoms with van der Waals surface area (Å²) in [6.45, 7) is 8.94. The van der Waals surface area contributed by atoms with Crippen LogP contribution in [-0.2, 0) is 0 Å². The summed E-state index contributed by atoms with van der Waals surface area (Å²) in [5.74, 6) is 0.615. The molecule has 1 heterocycles. The van der Waals surface area contributed by atoms with Crippen molar-refractivity contribution in [2.24, 2.45) is 5.41 Å². The number of aromatic nitrogens is 1. The summed E-state index contributed by atoms with van der Waals surface area (Å²) in [6, 6.07) is 3.82. The fraction of sp³-hybridized carbons (Fsp3) is 0.643. The Morgan fingerprint density at radius 3 is 2.78 bits per heavy atom. The van der Waals surface area contributed by atoms with Crippen molar-refractivity contribution < 1.29 is 9.84 Å². The molecule has 4 nitrogen and oxygen atoms in total. The average molecular weight is 252 g/mol. The molecule has 0 spiro atoms. The van der Waals surface area contributed by atoms with Gasteiger partial charge in [0.25, 0.3) is 0 Å². The Balaban J connectivity index is 2.72. The van der Waals surface area contributed by atoms with Gasteiger partial charge in [0.05, 0.1) is 18.4 Å². The predicted octanol–water partition coefficient (Wildman–Crippen LogP) is 2.69. The molecule has 0 aliphatic carbocycles. The molecule has 1 aromatic rings. The van der Waals surface area contributed by atoms with Crippen molar-refractivity contribution in [3.8, 4) is 5.88 Å². The molecule has 1 atom stereocenters. The summed E-state index contributed by atoms with van der Waals surface area (Å²) in [4.78, 5) is 4.22. The molecule has 18 heavy (non-hydrogen) atoms. The highest BCUT2D eigenvalue weighted by molar-refractivity contribution is 5.52. The smallest absolute Gasteiger partial charge is 0.237 e. The van der Waals surface area contributed by atoms with Crippen LogP contribution in [-0.4, -0.2) is 29.3 Å². The van der Waals surface area contributed by atoms with Crippen molar-refractivity contribution in [3.63, 3.8) is 0 Å². The Bertz CT molecular complexity index is 363. The lowest BCUT2D eigenvalue weighted by atomic mass is 9.88. The molecule has 0 aromatic carbocycles. The number of nitrogens with zero attached hydrogens (tertiary/aromatic N) is 1. The van der Waals surface area contributed by atoms with E-state index in [0.717, 1.165) is 12.1 Å². The van der Waals surface area contributed by atoms with Crippen LogP contribution in [0.5, 0.6) is 5.88 Å². The van der Waals surface area contributed by atoms with E-state index >= 15 is 0 Å². The molecular formula is C14H24N2O2. The lowest BCUT2D eigenvalue weighted by molar-refractivity contribution is 0.149. The molecule has 1 rings (SSSR count). The SMILES string of the molecule is CCC(C)(CO)CNc1cccnc1OC(C)C. The molecule has 0 aliphatic heterocycles. The molecular weight excluding hydrogens is 228 g/mol. The van der Waals surface area contributed by atoms with Gasteiger partial charge in [-0.1, -0.05) is 13.8 Å². The van der Waals surface area contributed by atoms with Crippen LogP contribution < -0.4 is 10.1 Å². The summed E-state index contributed by atoms with van der Waals surface area (Å²) < 4.78 is 5.64. The molecule has 0 fully saturated rings. The number of hydrogen-bond acceptors (Lipinski definition) is 4. The number of aliphatic hydroxyl groups excluding tert-OH is 1. The van der Waals surface area contributed by atoms with Crippen molar-refractivity contribution in [2.75, 3.05) is 18.5 Å². The molecule has 0 amide bonds. The third-order valence-electron chi connectivity index (χ3n) is 3.06. The van der Waals surface area contributed by atoms with Crippen molar-refractivity contribution in [2.45, 2.75) is 40.2 Å². The minimum absolute atomic E-state index is 0.0934. The molecule has 4 heteroatoms. The van der Waals surface area contributed by atoms with Gasteiger partial charge in [-0.05, 0) is 32.4 Å². The van der Waals surface area contributed by atoms with Gasteiger partial charge in [0.1, 0.15) is 0 Å². The van der Waals surface area contributed by atoms with Crippen LogP contribution in [0.1, 0.15) is 34.1 Å². The van der Waals surface area contributed by atoms with Gasteiger partial charge >= 0.3 is 0 Å². The summed E-state index contributed by atoms with van der Waals surface area (Å²) in [6.07, 6.45) is 2.72. The average Bonchev–Trinajstić information content (AvgIpc) is 2.37. The van der Waals surface area contributed by atoms with Gasteiger partial charge in [-0.3, -0.25) is 0 Å². The maximum absolute atomic E-state index is 9.39. The van der Waals surface area contributed by atoms with Crippen LogP contribution in [0.2, 0.25) is 0 Å². The second kappa shape index (κ2) is 6.59. The van der Waals surface area contributed by atoms with E-state index in [-0.39, 0.29) is 18.1 Å². The zero-order valence-corrected chi connectivity index (χ0v) is 11.7. The molecule has 2 N–H and O–H groups in total. The van der Waals surface area contributed by atoms with Gasteiger partial charge in [0, 0.05) is 18.2 Å². The monoisotopic (exact) mass is 252 g/mol. The molecule has 1 aromatic heterocycles. The van der Waals surface area contributed by atoms with Crippen LogP contribution in [0.25, 0.3) is 0 Å². The van der Waals surface area contributed by atoms with E-state index < -0.39 is 0 Å². The lowest BCUT2D eigenvalue weighted by Gasteiger charge is -2.26. The van der Waals surface area contributed by atoms with Crippen molar-refractivity contribution in [1.29, 1.82) is 0 Å². The van der Waals surface area contributed by atoms with E-state index in [4.69, 9.17) is 4.74 Å². The quantitative estimate of drug-likeness (QED) is 0.783. The fourth-order valence-corrected chi connectivity index (χ4v) is 1.44. The minimum Gasteiger partial charge on any atom is -0.473 e. The van der Waals surface area contributed by atoms with Gasteiger partial charge in [0.2, 0.25) is 5.88 Å². The topological polar surface area (TPSA) is 54.4 Å². The Morgan fingerprint density at radius 2 is 2.22 bits per heavy atom. The second-order valence-electron chi connectivity index (χ2n) is 5.20. The van der Waals surface area contributed by atoms with E-state index in [1.807, 2.05) is 26.0 Å². The van der Waals surface area contributed by atoms with Crippen LogP contribution >= 0.6 is 0 Å². The summed E-state index contributed by atoms with van der Waals surface area (Å²) in [7, 11) is 0. The van der Waals surface area contributed by atoms with Gasteiger partial charge in [-0.2, -0.15) is 0 Å². The number of pyridine rings is 1. The fourth-order valence-electron chi connectivity index (χ4n) is 1.44. The normalized spacial score (nSPS) is 14.3. The summed E-state index contributed by atoms with van der Waals surface area (Å²) in [5.41, 5.74) is 0.754.